The predicted molar refractivity (Wildman–Crippen MR) is 73.6 cm³/mol. The van der Waals surface area contributed by atoms with E-state index in [9.17, 15) is 14.4 Å². The number of carboxylic acid groups (broad SMARTS) is 2. The van der Waals surface area contributed by atoms with Gasteiger partial charge in [-0.1, -0.05) is 0 Å². The minimum Gasteiger partial charge on any atom is -0.481 e. The molecular formula is C12H15BrN2O5. The summed E-state index contributed by atoms with van der Waals surface area (Å²) in [5.74, 6) is -2.91. The van der Waals surface area contributed by atoms with E-state index < -0.39 is 23.9 Å². The van der Waals surface area contributed by atoms with Crippen LogP contribution in [0.25, 0.3) is 0 Å². The van der Waals surface area contributed by atoms with Crippen molar-refractivity contribution in [2.45, 2.75) is 32.4 Å². The summed E-state index contributed by atoms with van der Waals surface area (Å²) in [5.41, 5.74) is 0.320. The average molecular weight is 347 g/mol. The number of aromatic nitrogens is 1. The van der Waals surface area contributed by atoms with Crippen molar-refractivity contribution in [3.8, 4) is 0 Å². The van der Waals surface area contributed by atoms with Gasteiger partial charge in [-0.05, 0) is 35.3 Å². The number of nitrogens with one attached hydrogen (secondary N) is 1. The number of hydrogen-bond acceptors (Lipinski definition) is 3. The molecule has 0 bridgehead atoms. The molecule has 1 aromatic heterocycles. The van der Waals surface area contributed by atoms with Crippen LogP contribution in [0.15, 0.2) is 16.7 Å². The number of nitrogens with zero attached hydrogens (tertiary/aromatic N) is 1. The van der Waals surface area contributed by atoms with E-state index in [1.54, 1.807) is 16.8 Å². The van der Waals surface area contributed by atoms with Crippen LogP contribution in [0.3, 0.4) is 0 Å². The van der Waals surface area contributed by atoms with Crippen LogP contribution in [0.5, 0.6) is 0 Å². The maximum Gasteiger partial charge on any atom is 0.326 e. The molecule has 0 saturated carbocycles. The van der Waals surface area contributed by atoms with Crippen LogP contribution >= 0.6 is 15.9 Å². The topological polar surface area (TPSA) is 109 Å². The first-order valence-corrected chi connectivity index (χ1v) is 6.75. The highest BCUT2D eigenvalue weighted by molar-refractivity contribution is 9.10. The van der Waals surface area contributed by atoms with Gasteiger partial charge in [-0.2, -0.15) is 0 Å². The monoisotopic (exact) mass is 346 g/mol. The lowest BCUT2D eigenvalue weighted by Crippen LogP contribution is -2.41. The lowest BCUT2D eigenvalue weighted by atomic mass is 10.1. The summed E-state index contributed by atoms with van der Waals surface area (Å²) in [7, 11) is 0. The van der Waals surface area contributed by atoms with Gasteiger partial charge >= 0.3 is 11.9 Å². The molecule has 20 heavy (non-hydrogen) atoms. The van der Waals surface area contributed by atoms with Gasteiger partial charge in [0.05, 0.1) is 0 Å². The summed E-state index contributed by atoms with van der Waals surface area (Å²) in [5, 5.41) is 19.9. The normalized spacial score (nSPS) is 11.9. The molecule has 110 valence electrons. The second-order valence-corrected chi connectivity index (χ2v) is 5.04. The zero-order valence-corrected chi connectivity index (χ0v) is 12.4. The fraction of sp³-hybridized carbons (Fsp3) is 0.417. The summed E-state index contributed by atoms with van der Waals surface area (Å²) >= 11 is 3.24. The van der Waals surface area contributed by atoms with Crippen LogP contribution in [-0.2, 0) is 16.1 Å². The summed E-state index contributed by atoms with van der Waals surface area (Å²) in [6.07, 6.45) is 1.22. The van der Waals surface area contributed by atoms with Gasteiger partial charge in [-0.3, -0.25) is 9.59 Å². The number of carbonyl (C=O) groups is 3. The Morgan fingerprint density at radius 1 is 1.40 bits per heavy atom. The van der Waals surface area contributed by atoms with E-state index in [-0.39, 0.29) is 12.8 Å². The Morgan fingerprint density at radius 2 is 2.05 bits per heavy atom. The molecule has 0 spiro atoms. The molecule has 1 amide bonds. The Morgan fingerprint density at radius 3 is 2.55 bits per heavy atom. The molecule has 0 fully saturated rings. The molecule has 1 aromatic rings. The first-order valence-electron chi connectivity index (χ1n) is 5.96. The molecule has 0 saturated heterocycles. The molecule has 1 heterocycles. The van der Waals surface area contributed by atoms with Crippen molar-refractivity contribution in [1.82, 2.24) is 9.88 Å². The highest BCUT2D eigenvalue weighted by Gasteiger charge is 2.23. The molecule has 7 nitrogen and oxygen atoms in total. The molecule has 1 rings (SSSR count). The molecule has 8 heteroatoms. The zero-order chi connectivity index (χ0) is 15.3. The molecule has 0 aromatic carbocycles. The first-order chi connectivity index (χ1) is 9.35. The molecule has 1 atom stereocenters. The highest BCUT2D eigenvalue weighted by atomic mass is 79.9. The SMILES string of the molecule is CCn1cc(Br)cc1C(=O)NC(CCC(=O)O)C(=O)O. The first kappa shape index (κ1) is 16.2. The fourth-order valence-corrected chi connectivity index (χ4v) is 2.15. The Bertz CT molecular complexity index is 526. The number of amides is 1. The van der Waals surface area contributed by atoms with E-state index in [1.807, 2.05) is 6.92 Å². The maximum atomic E-state index is 12.0. The van der Waals surface area contributed by atoms with Crippen molar-refractivity contribution in [2.75, 3.05) is 0 Å². The van der Waals surface area contributed by atoms with Crippen molar-refractivity contribution in [3.05, 3.63) is 22.4 Å². The van der Waals surface area contributed by atoms with Gasteiger partial charge in [-0.15, -0.1) is 0 Å². The Balaban J connectivity index is 2.79. The minimum atomic E-state index is -1.26. The lowest BCUT2D eigenvalue weighted by Gasteiger charge is -2.14. The number of aryl methyl sites for hydroxylation is 1. The van der Waals surface area contributed by atoms with E-state index in [0.717, 1.165) is 0 Å². The van der Waals surface area contributed by atoms with Gasteiger partial charge < -0.3 is 20.1 Å². The summed E-state index contributed by atoms with van der Waals surface area (Å²) < 4.78 is 2.37. The second-order valence-electron chi connectivity index (χ2n) is 4.13. The van der Waals surface area contributed by atoms with Crippen LogP contribution < -0.4 is 5.32 Å². The Labute approximate surface area is 123 Å². The van der Waals surface area contributed by atoms with Crippen LogP contribution in [0.2, 0.25) is 0 Å². The van der Waals surface area contributed by atoms with E-state index in [0.29, 0.717) is 16.7 Å². The van der Waals surface area contributed by atoms with Crippen molar-refractivity contribution < 1.29 is 24.6 Å². The van der Waals surface area contributed by atoms with Gasteiger partial charge in [0, 0.05) is 23.6 Å². The summed E-state index contributed by atoms with van der Waals surface area (Å²) in [6.45, 7) is 2.41. The predicted octanol–water partition coefficient (Wildman–Crippen LogP) is 1.32. The number of carboxylic acids is 2. The largest absolute Gasteiger partial charge is 0.481 e. The summed E-state index contributed by atoms with van der Waals surface area (Å²) in [4.78, 5) is 33.5. The smallest absolute Gasteiger partial charge is 0.326 e. The average Bonchev–Trinajstić information content (AvgIpc) is 2.74. The number of hydrogen-bond donors (Lipinski definition) is 3. The summed E-state index contributed by atoms with van der Waals surface area (Å²) in [6, 6.07) is 0.354. The minimum absolute atomic E-state index is 0.162. The number of carbonyl (C=O) groups excluding carboxylic acids is 1. The van der Waals surface area contributed by atoms with Crippen LogP contribution in [0.1, 0.15) is 30.3 Å². The van der Waals surface area contributed by atoms with E-state index in [2.05, 4.69) is 21.2 Å². The lowest BCUT2D eigenvalue weighted by molar-refractivity contribution is -0.140. The Kier molecular flexibility index (Phi) is 5.75. The van der Waals surface area contributed by atoms with Crippen LogP contribution in [0, 0.1) is 0 Å². The number of rotatable bonds is 7. The second kappa shape index (κ2) is 7.09. The number of aliphatic carboxylic acids is 2. The maximum absolute atomic E-state index is 12.0. The molecule has 0 aliphatic rings. The third-order valence-corrected chi connectivity index (χ3v) is 3.12. The van der Waals surface area contributed by atoms with Gasteiger partial charge in [0.2, 0.25) is 0 Å². The fourth-order valence-electron chi connectivity index (χ4n) is 1.68. The quantitative estimate of drug-likeness (QED) is 0.689. The van der Waals surface area contributed by atoms with E-state index in [1.165, 1.54) is 0 Å². The molecule has 0 radical (unpaired) electrons. The van der Waals surface area contributed by atoms with Gasteiger partial charge in [0.25, 0.3) is 5.91 Å². The third-order valence-electron chi connectivity index (χ3n) is 2.69. The molecular weight excluding hydrogens is 332 g/mol. The van der Waals surface area contributed by atoms with Crippen molar-refractivity contribution in [3.63, 3.8) is 0 Å². The molecule has 1 unspecified atom stereocenters. The van der Waals surface area contributed by atoms with Gasteiger partial charge in [-0.25, -0.2) is 4.79 Å². The van der Waals surface area contributed by atoms with Gasteiger partial charge in [0.15, 0.2) is 0 Å². The van der Waals surface area contributed by atoms with Crippen LogP contribution in [-0.4, -0.2) is 38.7 Å². The standard InChI is InChI=1S/C12H15BrN2O5/c1-2-15-6-7(13)5-9(15)11(18)14-8(12(19)20)3-4-10(16)17/h5-6,8H,2-4H2,1H3,(H,14,18)(H,16,17)(H,19,20). The Hall–Kier alpha value is -1.83. The number of halogens is 1. The van der Waals surface area contributed by atoms with Crippen molar-refractivity contribution >= 4 is 33.8 Å². The zero-order valence-electron chi connectivity index (χ0n) is 10.8. The molecule has 3 N–H and O–H groups in total. The highest BCUT2D eigenvalue weighted by Crippen LogP contribution is 2.15. The van der Waals surface area contributed by atoms with Crippen LogP contribution in [0.4, 0.5) is 0 Å². The third kappa shape index (κ3) is 4.37. The van der Waals surface area contributed by atoms with E-state index in [4.69, 9.17) is 10.2 Å². The van der Waals surface area contributed by atoms with Crippen molar-refractivity contribution in [2.24, 2.45) is 0 Å². The molecule has 0 aliphatic heterocycles. The van der Waals surface area contributed by atoms with Crippen molar-refractivity contribution in [1.29, 1.82) is 0 Å². The van der Waals surface area contributed by atoms with E-state index >= 15 is 0 Å². The van der Waals surface area contributed by atoms with Gasteiger partial charge in [0.1, 0.15) is 11.7 Å². The molecule has 0 aliphatic carbocycles.